The number of anilines is 1. The van der Waals surface area contributed by atoms with Crippen LogP contribution in [0.15, 0.2) is 46.2 Å². The first kappa shape index (κ1) is 27.4. The Hall–Kier alpha value is -3.17. The SMILES string of the molecule is Cc1cc(C#N)cc(C)c1Oc1nc(NC2CCN(Cc3cccc(S(N)(=O)=O)c3)CC2)nc2c1SCCC2. The number of nitrogens with two attached hydrogens (primary N) is 1. The highest BCUT2D eigenvalue weighted by atomic mass is 32.2. The second-order valence-electron chi connectivity index (χ2n) is 10.1. The molecule has 0 bridgehead atoms. The molecule has 0 unspecified atom stereocenters. The van der Waals surface area contributed by atoms with E-state index in [0.29, 0.717) is 23.9 Å². The molecule has 3 heterocycles. The molecule has 0 aliphatic carbocycles. The third-order valence-electron chi connectivity index (χ3n) is 7.05. The number of sulfonamides is 1. The molecular weight excluding hydrogens is 532 g/mol. The number of primary sulfonamides is 1. The number of aryl methyl sites for hydroxylation is 3. The molecule has 3 N–H and O–H groups in total. The lowest BCUT2D eigenvalue weighted by Crippen LogP contribution is -2.39. The summed E-state index contributed by atoms with van der Waals surface area (Å²) in [6.45, 7) is 6.30. The van der Waals surface area contributed by atoms with Gasteiger partial charge in [0.2, 0.25) is 21.9 Å². The highest BCUT2D eigenvalue weighted by Crippen LogP contribution is 2.40. The molecule has 0 amide bonds. The predicted octanol–water partition coefficient (Wildman–Crippen LogP) is 4.52. The lowest BCUT2D eigenvalue weighted by molar-refractivity contribution is 0.211. The Labute approximate surface area is 233 Å². The number of likely N-dealkylation sites (tertiary alicyclic amines) is 1. The summed E-state index contributed by atoms with van der Waals surface area (Å²) >= 11 is 1.73. The quantitative estimate of drug-likeness (QED) is 0.425. The van der Waals surface area contributed by atoms with Crippen molar-refractivity contribution in [2.75, 3.05) is 24.2 Å². The average Bonchev–Trinajstić information content (AvgIpc) is 2.91. The van der Waals surface area contributed by atoms with Crippen molar-refractivity contribution in [3.8, 4) is 17.7 Å². The summed E-state index contributed by atoms with van der Waals surface area (Å²) in [7, 11) is -3.71. The Balaban J connectivity index is 1.28. The minimum atomic E-state index is -3.71. The van der Waals surface area contributed by atoms with Gasteiger partial charge < -0.3 is 10.1 Å². The van der Waals surface area contributed by atoms with E-state index in [-0.39, 0.29) is 10.9 Å². The number of hydrogen-bond donors (Lipinski definition) is 2. The van der Waals surface area contributed by atoms with E-state index in [0.717, 1.165) is 77.6 Å². The fourth-order valence-electron chi connectivity index (χ4n) is 5.11. The van der Waals surface area contributed by atoms with Crippen molar-refractivity contribution in [3.63, 3.8) is 0 Å². The molecule has 0 saturated carbocycles. The molecule has 11 heteroatoms. The number of rotatable bonds is 7. The normalized spacial score (nSPS) is 16.4. The van der Waals surface area contributed by atoms with Gasteiger partial charge in [-0.25, -0.2) is 18.5 Å². The standard InChI is InChI=1S/C28H32N6O3S2/c1-18-13-21(16-29)14-19(2)25(18)37-27-26-24(7-4-12-38-26)32-28(33-27)31-22-8-10-34(11-9-22)17-20-5-3-6-23(15-20)39(30,35)36/h3,5-6,13-15,22H,4,7-12,17H2,1-2H3,(H2,30,35,36)(H,31,32,33). The highest BCUT2D eigenvalue weighted by Gasteiger charge is 2.24. The van der Waals surface area contributed by atoms with Crippen LogP contribution in [-0.4, -0.2) is 48.2 Å². The number of hydrogen-bond acceptors (Lipinski definition) is 9. The Bertz CT molecular complexity index is 1510. The van der Waals surface area contributed by atoms with E-state index in [1.54, 1.807) is 23.9 Å². The molecule has 2 aliphatic heterocycles. The number of benzene rings is 2. The summed E-state index contributed by atoms with van der Waals surface area (Å²) in [5, 5.41) is 18.1. The van der Waals surface area contributed by atoms with E-state index in [2.05, 4.69) is 16.3 Å². The Morgan fingerprint density at radius 2 is 1.92 bits per heavy atom. The molecule has 39 heavy (non-hydrogen) atoms. The molecule has 1 saturated heterocycles. The van der Waals surface area contributed by atoms with Gasteiger partial charge in [-0.3, -0.25) is 4.90 Å². The van der Waals surface area contributed by atoms with Crippen molar-refractivity contribution in [1.29, 1.82) is 5.26 Å². The first-order valence-corrected chi connectivity index (χ1v) is 15.6. The number of ether oxygens (including phenoxy) is 1. The number of fused-ring (bicyclic) bond motifs is 1. The van der Waals surface area contributed by atoms with Crippen molar-refractivity contribution in [3.05, 3.63) is 64.3 Å². The molecule has 5 rings (SSSR count). The summed E-state index contributed by atoms with van der Waals surface area (Å²) in [5.74, 6) is 2.88. The Morgan fingerprint density at radius 1 is 1.18 bits per heavy atom. The number of aromatic nitrogens is 2. The topological polar surface area (TPSA) is 134 Å². The minimum Gasteiger partial charge on any atom is -0.437 e. The van der Waals surface area contributed by atoms with Gasteiger partial charge in [-0.2, -0.15) is 10.2 Å². The van der Waals surface area contributed by atoms with Crippen molar-refractivity contribution in [2.24, 2.45) is 5.14 Å². The molecule has 0 radical (unpaired) electrons. The van der Waals surface area contributed by atoms with Gasteiger partial charge in [0.25, 0.3) is 0 Å². The molecule has 2 aromatic carbocycles. The van der Waals surface area contributed by atoms with Crippen LogP contribution in [0, 0.1) is 25.2 Å². The molecule has 2 aliphatic rings. The van der Waals surface area contributed by atoms with Crippen LogP contribution in [0.1, 0.15) is 47.2 Å². The summed E-state index contributed by atoms with van der Waals surface area (Å²) < 4.78 is 29.8. The van der Waals surface area contributed by atoms with Crippen molar-refractivity contribution in [2.45, 2.75) is 61.9 Å². The van der Waals surface area contributed by atoms with Crippen LogP contribution < -0.4 is 15.2 Å². The molecule has 3 aromatic rings. The Morgan fingerprint density at radius 3 is 2.62 bits per heavy atom. The maximum atomic E-state index is 11.7. The zero-order valence-electron chi connectivity index (χ0n) is 22.1. The molecule has 0 atom stereocenters. The first-order chi connectivity index (χ1) is 18.7. The third kappa shape index (κ3) is 6.53. The highest BCUT2D eigenvalue weighted by molar-refractivity contribution is 7.99. The summed E-state index contributed by atoms with van der Waals surface area (Å²) in [6, 6.07) is 12.9. The van der Waals surface area contributed by atoms with Crippen molar-refractivity contribution < 1.29 is 13.2 Å². The second-order valence-corrected chi connectivity index (χ2v) is 12.8. The van der Waals surface area contributed by atoms with Gasteiger partial charge in [-0.05, 0) is 86.2 Å². The molecule has 0 spiro atoms. The van der Waals surface area contributed by atoms with Crippen LogP contribution in [0.3, 0.4) is 0 Å². The van der Waals surface area contributed by atoms with Crippen LogP contribution in [0.5, 0.6) is 11.6 Å². The van der Waals surface area contributed by atoms with E-state index < -0.39 is 10.0 Å². The van der Waals surface area contributed by atoms with Gasteiger partial charge >= 0.3 is 0 Å². The fraction of sp³-hybridized carbons (Fsp3) is 0.393. The molecule has 204 valence electrons. The summed E-state index contributed by atoms with van der Waals surface area (Å²) in [4.78, 5) is 13.1. The maximum Gasteiger partial charge on any atom is 0.238 e. The van der Waals surface area contributed by atoms with Gasteiger partial charge in [0.1, 0.15) is 5.75 Å². The lowest BCUT2D eigenvalue weighted by Gasteiger charge is -2.32. The number of nitriles is 1. The second kappa shape index (κ2) is 11.5. The largest absolute Gasteiger partial charge is 0.437 e. The average molecular weight is 565 g/mol. The maximum absolute atomic E-state index is 11.7. The van der Waals surface area contributed by atoms with E-state index >= 15 is 0 Å². The summed E-state index contributed by atoms with van der Waals surface area (Å²) in [6.07, 6.45) is 3.77. The van der Waals surface area contributed by atoms with Gasteiger partial charge in [-0.1, -0.05) is 12.1 Å². The van der Waals surface area contributed by atoms with Crippen molar-refractivity contribution >= 4 is 27.7 Å². The van der Waals surface area contributed by atoms with Gasteiger partial charge in [-0.15, -0.1) is 11.8 Å². The van der Waals surface area contributed by atoms with Crippen LogP contribution in [0.25, 0.3) is 0 Å². The fourth-order valence-corrected chi connectivity index (χ4v) is 6.71. The summed E-state index contributed by atoms with van der Waals surface area (Å²) in [5.41, 5.74) is 4.35. The minimum absolute atomic E-state index is 0.142. The van der Waals surface area contributed by atoms with Crippen LogP contribution in [0.2, 0.25) is 0 Å². The molecule has 1 aromatic heterocycles. The number of nitrogens with zero attached hydrogens (tertiary/aromatic N) is 4. The van der Waals surface area contributed by atoms with E-state index in [4.69, 9.17) is 19.8 Å². The van der Waals surface area contributed by atoms with Gasteiger partial charge in [0.15, 0.2) is 0 Å². The first-order valence-electron chi connectivity index (χ1n) is 13.0. The Kier molecular flexibility index (Phi) is 8.09. The van der Waals surface area contributed by atoms with Crippen LogP contribution in [0.4, 0.5) is 5.95 Å². The predicted molar refractivity (Wildman–Crippen MR) is 152 cm³/mol. The molecule has 9 nitrogen and oxygen atoms in total. The number of nitrogens with one attached hydrogen (secondary N) is 1. The third-order valence-corrected chi connectivity index (χ3v) is 9.15. The zero-order valence-corrected chi connectivity index (χ0v) is 23.7. The van der Waals surface area contributed by atoms with Crippen LogP contribution >= 0.6 is 11.8 Å². The van der Waals surface area contributed by atoms with Gasteiger partial charge in [0, 0.05) is 25.7 Å². The van der Waals surface area contributed by atoms with E-state index in [1.165, 1.54) is 6.07 Å². The van der Waals surface area contributed by atoms with Gasteiger partial charge in [0.05, 0.1) is 27.1 Å². The molecular formula is C28H32N6O3S2. The number of piperidine rings is 1. The van der Waals surface area contributed by atoms with E-state index in [1.807, 2.05) is 32.0 Å². The lowest BCUT2D eigenvalue weighted by atomic mass is 10.0. The zero-order chi connectivity index (χ0) is 27.6. The number of thioether (sulfide) groups is 1. The molecule has 1 fully saturated rings. The van der Waals surface area contributed by atoms with Crippen molar-refractivity contribution in [1.82, 2.24) is 14.9 Å². The monoisotopic (exact) mass is 564 g/mol. The van der Waals surface area contributed by atoms with E-state index in [9.17, 15) is 13.7 Å². The smallest absolute Gasteiger partial charge is 0.238 e. The van der Waals surface area contributed by atoms with Crippen LogP contribution in [-0.2, 0) is 23.0 Å².